The Morgan fingerprint density at radius 1 is 1.38 bits per heavy atom. The van der Waals surface area contributed by atoms with E-state index >= 15 is 0 Å². The zero-order valence-electron chi connectivity index (χ0n) is 11.7. The summed E-state index contributed by atoms with van der Waals surface area (Å²) in [6, 6.07) is 7.64. The lowest BCUT2D eigenvalue weighted by molar-refractivity contribution is 0.0700. The van der Waals surface area contributed by atoms with Crippen molar-refractivity contribution < 1.29 is 14.6 Å². The van der Waals surface area contributed by atoms with E-state index < -0.39 is 5.97 Å². The number of thiazole rings is 1. The molecule has 0 atom stereocenters. The third kappa shape index (κ3) is 2.27. The maximum atomic E-state index is 11.2. The van der Waals surface area contributed by atoms with Crippen LogP contribution in [0.1, 0.15) is 22.3 Å². The molecule has 5 nitrogen and oxygen atoms in total. The van der Waals surface area contributed by atoms with Crippen LogP contribution in [-0.2, 0) is 6.42 Å². The van der Waals surface area contributed by atoms with Gasteiger partial charge in [-0.1, -0.05) is 18.3 Å². The summed E-state index contributed by atoms with van der Waals surface area (Å²) in [4.78, 5) is 16.8. The van der Waals surface area contributed by atoms with Gasteiger partial charge in [0.05, 0.1) is 12.8 Å². The zero-order valence-corrected chi connectivity index (χ0v) is 12.5. The summed E-state index contributed by atoms with van der Waals surface area (Å²) >= 11 is 1.21. The Balaban J connectivity index is 2.08. The van der Waals surface area contributed by atoms with E-state index in [9.17, 15) is 9.90 Å². The van der Waals surface area contributed by atoms with Crippen LogP contribution in [0.15, 0.2) is 30.5 Å². The average molecular weight is 302 g/mol. The van der Waals surface area contributed by atoms with Crippen molar-refractivity contribution in [3.63, 3.8) is 0 Å². The van der Waals surface area contributed by atoms with Crippen molar-refractivity contribution in [1.82, 2.24) is 9.38 Å². The van der Waals surface area contributed by atoms with E-state index in [1.807, 2.05) is 41.8 Å². The predicted molar refractivity (Wildman–Crippen MR) is 81.4 cm³/mol. The maximum absolute atomic E-state index is 11.2. The van der Waals surface area contributed by atoms with E-state index in [0.717, 1.165) is 22.7 Å². The van der Waals surface area contributed by atoms with Crippen LogP contribution in [0.2, 0.25) is 0 Å². The highest BCUT2D eigenvalue weighted by atomic mass is 32.1. The molecule has 3 aromatic rings. The van der Waals surface area contributed by atoms with Gasteiger partial charge in [-0.3, -0.25) is 4.40 Å². The standard InChI is InChI=1S/C15H14N2O3S/c1-3-12-13(14(18)19)21-15-16-11(8-17(12)15)9-4-6-10(20-2)7-5-9/h4-8H,3H2,1-2H3,(H,18,19). The molecule has 108 valence electrons. The van der Waals surface area contributed by atoms with Crippen LogP contribution in [0, 0.1) is 0 Å². The van der Waals surface area contributed by atoms with Gasteiger partial charge in [-0.25, -0.2) is 9.78 Å². The fourth-order valence-electron chi connectivity index (χ4n) is 2.29. The number of carbonyl (C=O) groups is 1. The van der Waals surface area contributed by atoms with Gasteiger partial charge in [-0.15, -0.1) is 0 Å². The normalized spacial score (nSPS) is 11.0. The molecule has 2 aromatic heterocycles. The van der Waals surface area contributed by atoms with E-state index in [1.165, 1.54) is 11.3 Å². The summed E-state index contributed by atoms with van der Waals surface area (Å²) in [6.45, 7) is 1.95. The van der Waals surface area contributed by atoms with E-state index in [-0.39, 0.29) is 0 Å². The van der Waals surface area contributed by atoms with E-state index in [0.29, 0.717) is 16.3 Å². The summed E-state index contributed by atoms with van der Waals surface area (Å²) < 4.78 is 7.01. The van der Waals surface area contributed by atoms with E-state index in [2.05, 4.69) is 4.98 Å². The zero-order chi connectivity index (χ0) is 15.0. The number of carboxylic acids is 1. The average Bonchev–Trinajstić information content (AvgIpc) is 3.04. The van der Waals surface area contributed by atoms with Crippen LogP contribution in [-0.4, -0.2) is 27.6 Å². The van der Waals surface area contributed by atoms with Crippen LogP contribution in [0.5, 0.6) is 5.75 Å². The Hall–Kier alpha value is -2.34. The van der Waals surface area contributed by atoms with Gasteiger partial charge in [0.2, 0.25) is 0 Å². The first-order valence-electron chi connectivity index (χ1n) is 6.52. The molecular formula is C15H14N2O3S. The number of ether oxygens (including phenoxy) is 1. The highest BCUT2D eigenvalue weighted by molar-refractivity contribution is 7.19. The number of hydrogen-bond donors (Lipinski definition) is 1. The highest BCUT2D eigenvalue weighted by Gasteiger charge is 2.18. The van der Waals surface area contributed by atoms with Crippen molar-refractivity contribution in [1.29, 1.82) is 0 Å². The Morgan fingerprint density at radius 2 is 2.10 bits per heavy atom. The van der Waals surface area contributed by atoms with Crippen LogP contribution in [0.4, 0.5) is 0 Å². The fraction of sp³-hybridized carbons (Fsp3) is 0.200. The lowest BCUT2D eigenvalue weighted by Gasteiger charge is -2.00. The first-order chi connectivity index (χ1) is 10.1. The van der Waals surface area contributed by atoms with Gasteiger partial charge < -0.3 is 9.84 Å². The van der Waals surface area contributed by atoms with Crippen molar-refractivity contribution in [2.24, 2.45) is 0 Å². The topological polar surface area (TPSA) is 63.8 Å². The van der Waals surface area contributed by atoms with Crippen molar-refractivity contribution in [3.8, 4) is 17.0 Å². The lowest BCUT2D eigenvalue weighted by atomic mass is 10.1. The Bertz CT molecular complexity index is 802. The molecule has 1 N–H and O–H groups in total. The number of aryl methyl sites for hydroxylation is 1. The molecule has 6 heteroatoms. The smallest absolute Gasteiger partial charge is 0.347 e. The number of nitrogens with zero attached hydrogens (tertiary/aromatic N) is 2. The predicted octanol–water partition coefficient (Wildman–Crippen LogP) is 3.33. The first kappa shape index (κ1) is 13.6. The van der Waals surface area contributed by atoms with Crippen LogP contribution in [0.25, 0.3) is 16.2 Å². The second-order valence-electron chi connectivity index (χ2n) is 4.54. The second kappa shape index (κ2) is 5.21. The molecular weight excluding hydrogens is 288 g/mol. The highest BCUT2D eigenvalue weighted by Crippen LogP contribution is 2.28. The van der Waals surface area contributed by atoms with Crippen molar-refractivity contribution >= 4 is 22.3 Å². The number of methoxy groups -OCH3 is 1. The number of hydrogen-bond acceptors (Lipinski definition) is 4. The van der Waals surface area contributed by atoms with Crippen molar-refractivity contribution in [2.75, 3.05) is 7.11 Å². The molecule has 0 bridgehead atoms. The van der Waals surface area contributed by atoms with Crippen molar-refractivity contribution in [3.05, 3.63) is 41.0 Å². The summed E-state index contributed by atoms with van der Waals surface area (Å²) in [7, 11) is 1.63. The van der Waals surface area contributed by atoms with Crippen LogP contribution < -0.4 is 4.74 Å². The van der Waals surface area contributed by atoms with Crippen LogP contribution >= 0.6 is 11.3 Å². The molecule has 21 heavy (non-hydrogen) atoms. The van der Waals surface area contributed by atoms with Gasteiger partial charge in [-0.05, 0) is 30.7 Å². The number of imidazole rings is 1. The Labute approximate surface area is 125 Å². The monoisotopic (exact) mass is 302 g/mol. The van der Waals surface area contributed by atoms with Gasteiger partial charge in [0, 0.05) is 17.5 Å². The van der Waals surface area contributed by atoms with Crippen LogP contribution in [0.3, 0.4) is 0 Å². The summed E-state index contributed by atoms with van der Waals surface area (Å²) in [5.74, 6) is -0.101. The van der Waals surface area contributed by atoms with Gasteiger partial charge in [-0.2, -0.15) is 0 Å². The SMILES string of the molecule is CCc1c(C(=O)O)sc2nc(-c3ccc(OC)cc3)cn12. The molecule has 2 heterocycles. The summed E-state index contributed by atoms with van der Waals surface area (Å²) in [6.07, 6.45) is 2.54. The molecule has 0 aliphatic rings. The molecule has 3 rings (SSSR count). The van der Waals surface area contributed by atoms with E-state index in [4.69, 9.17) is 4.74 Å². The second-order valence-corrected chi connectivity index (χ2v) is 5.52. The first-order valence-corrected chi connectivity index (χ1v) is 7.34. The Kier molecular flexibility index (Phi) is 3.39. The number of aromatic carboxylic acids is 1. The minimum atomic E-state index is -0.895. The number of aromatic nitrogens is 2. The third-order valence-electron chi connectivity index (χ3n) is 3.33. The number of carboxylic acid groups (broad SMARTS) is 1. The maximum Gasteiger partial charge on any atom is 0.347 e. The molecule has 0 spiro atoms. The molecule has 1 aromatic carbocycles. The van der Waals surface area contributed by atoms with E-state index in [1.54, 1.807) is 7.11 Å². The summed E-state index contributed by atoms with van der Waals surface area (Å²) in [5.41, 5.74) is 2.59. The van der Waals surface area contributed by atoms with Gasteiger partial charge in [0.1, 0.15) is 10.6 Å². The number of benzene rings is 1. The molecule has 0 unspecified atom stereocenters. The van der Waals surface area contributed by atoms with Gasteiger partial charge in [0.15, 0.2) is 4.96 Å². The third-order valence-corrected chi connectivity index (χ3v) is 4.42. The quantitative estimate of drug-likeness (QED) is 0.803. The molecule has 0 amide bonds. The Morgan fingerprint density at radius 3 is 2.67 bits per heavy atom. The number of rotatable bonds is 4. The number of fused-ring (bicyclic) bond motifs is 1. The fourth-order valence-corrected chi connectivity index (χ4v) is 3.32. The molecule has 0 saturated heterocycles. The van der Waals surface area contributed by atoms with Gasteiger partial charge in [0.25, 0.3) is 0 Å². The lowest BCUT2D eigenvalue weighted by Crippen LogP contribution is -1.99. The van der Waals surface area contributed by atoms with Crippen molar-refractivity contribution in [2.45, 2.75) is 13.3 Å². The minimum absolute atomic E-state index is 0.362. The molecule has 0 aliphatic heterocycles. The molecule has 0 saturated carbocycles. The molecule has 0 fully saturated rings. The largest absolute Gasteiger partial charge is 0.497 e. The summed E-state index contributed by atoms with van der Waals surface area (Å²) in [5, 5.41) is 9.22. The van der Waals surface area contributed by atoms with Gasteiger partial charge >= 0.3 is 5.97 Å². The minimum Gasteiger partial charge on any atom is -0.497 e. The molecule has 0 radical (unpaired) electrons. The molecule has 0 aliphatic carbocycles.